The average Bonchev–Trinajstić information content (AvgIpc) is 2.94. The molecule has 110 valence electrons. The van der Waals surface area contributed by atoms with E-state index in [1.807, 2.05) is 6.20 Å². The summed E-state index contributed by atoms with van der Waals surface area (Å²) in [6.07, 6.45) is 5.48. The Morgan fingerprint density at radius 2 is 2.38 bits per heavy atom. The Kier molecular flexibility index (Phi) is 3.84. The molecule has 3 rings (SSSR count). The summed E-state index contributed by atoms with van der Waals surface area (Å²) in [5, 5.41) is 3.56. The normalized spacial score (nSPS) is 17.1. The molecule has 0 radical (unpaired) electrons. The number of halogens is 1. The van der Waals surface area contributed by atoms with Crippen molar-refractivity contribution in [1.29, 1.82) is 0 Å². The maximum atomic E-state index is 12.4. The second-order valence-electron chi connectivity index (χ2n) is 5.05. The summed E-state index contributed by atoms with van der Waals surface area (Å²) in [7, 11) is 1.54. The van der Waals surface area contributed by atoms with Crippen molar-refractivity contribution in [3.8, 4) is 5.75 Å². The van der Waals surface area contributed by atoms with Gasteiger partial charge in [-0.3, -0.25) is 4.79 Å². The molecule has 0 spiro atoms. The van der Waals surface area contributed by atoms with Gasteiger partial charge in [-0.2, -0.15) is 0 Å². The molecule has 2 heterocycles. The fourth-order valence-electron chi connectivity index (χ4n) is 2.61. The number of aromatic nitrogens is 2. The third-order valence-electron chi connectivity index (χ3n) is 3.68. The van der Waals surface area contributed by atoms with E-state index in [2.05, 4.69) is 14.9 Å². The molecular formula is C15H16ClN3O2. The van der Waals surface area contributed by atoms with Gasteiger partial charge in [-0.1, -0.05) is 11.6 Å². The zero-order valence-electron chi connectivity index (χ0n) is 11.7. The summed E-state index contributed by atoms with van der Waals surface area (Å²) >= 11 is 5.96. The number of rotatable bonds is 3. The minimum atomic E-state index is -0.164. The van der Waals surface area contributed by atoms with Crippen LogP contribution in [0.15, 0.2) is 30.6 Å². The van der Waals surface area contributed by atoms with E-state index >= 15 is 0 Å². The summed E-state index contributed by atoms with van der Waals surface area (Å²) in [6, 6.07) is 5.12. The maximum Gasteiger partial charge on any atom is 0.255 e. The van der Waals surface area contributed by atoms with Crippen LogP contribution in [0.3, 0.4) is 0 Å². The Hall–Kier alpha value is -2.01. The molecule has 0 bridgehead atoms. The quantitative estimate of drug-likeness (QED) is 0.946. The zero-order valence-corrected chi connectivity index (χ0v) is 12.4. The third-order valence-corrected chi connectivity index (χ3v) is 3.91. The number of aryl methyl sites for hydroxylation is 1. The van der Waals surface area contributed by atoms with Crippen molar-refractivity contribution in [1.82, 2.24) is 14.9 Å². The van der Waals surface area contributed by atoms with Gasteiger partial charge >= 0.3 is 0 Å². The van der Waals surface area contributed by atoms with Crippen molar-refractivity contribution in [2.45, 2.75) is 25.4 Å². The van der Waals surface area contributed by atoms with Crippen LogP contribution in [-0.4, -0.2) is 28.6 Å². The van der Waals surface area contributed by atoms with Gasteiger partial charge in [0.05, 0.1) is 12.7 Å². The molecule has 2 aromatic rings. The molecule has 1 aliphatic rings. The van der Waals surface area contributed by atoms with E-state index in [-0.39, 0.29) is 11.9 Å². The fraction of sp³-hybridized carbons (Fsp3) is 0.333. The van der Waals surface area contributed by atoms with Crippen LogP contribution in [0.1, 0.15) is 22.6 Å². The lowest BCUT2D eigenvalue weighted by Gasteiger charge is -2.25. The number of carbonyl (C=O) groups is 1. The second-order valence-corrected chi connectivity index (χ2v) is 5.49. The molecule has 1 aromatic carbocycles. The van der Waals surface area contributed by atoms with Crippen molar-refractivity contribution >= 4 is 17.5 Å². The van der Waals surface area contributed by atoms with E-state index in [0.29, 0.717) is 16.3 Å². The summed E-state index contributed by atoms with van der Waals surface area (Å²) in [5.74, 6) is 1.43. The lowest BCUT2D eigenvalue weighted by atomic mass is 10.1. The Balaban J connectivity index is 1.74. The van der Waals surface area contributed by atoms with Crippen LogP contribution in [0.4, 0.5) is 0 Å². The SMILES string of the molecule is COc1ccc(Cl)cc1C(=O)N[C@@H]1CCc2nccn2C1. The minimum Gasteiger partial charge on any atom is -0.496 e. The van der Waals surface area contributed by atoms with Crippen molar-refractivity contribution in [3.63, 3.8) is 0 Å². The number of fused-ring (bicyclic) bond motifs is 1. The molecule has 1 aliphatic heterocycles. The predicted octanol–water partition coefficient (Wildman–Crippen LogP) is 2.29. The van der Waals surface area contributed by atoms with Crippen LogP contribution < -0.4 is 10.1 Å². The summed E-state index contributed by atoms with van der Waals surface area (Å²) in [5.41, 5.74) is 0.460. The number of carbonyl (C=O) groups excluding carboxylic acids is 1. The lowest BCUT2D eigenvalue weighted by Crippen LogP contribution is -2.41. The van der Waals surface area contributed by atoms with Crippen molar-refractivity contribution in [3.05, 3.63) is 47.0 Å². The van der Waals surface area contributed by atoms with Gasteiger partial charge in [0.25, 0.3) is 5.91 Å². The molecule has 1 atom stereocenters. The molecule has 0 saturated heterocycles. The number of hydrogen-bond donors (Lipinski definition) is 1. The monoisotopic (exact) mass is 305 g/mol. The molecule has 0 fully saturated rings. The first-order valence-electron chi connectivity index (χ1n) is 6.82. The zero-order chi connectivity index (χ0) is 14.8. The first kappa shape index (κ1) is 13.9. The molecule has 0 unspecified atom stereocenters. The Morgan fingerprint density at radius 1 is 1.52 bits per heavy atom. The van der Waals surface area contributed by atoms with E-state index in [1.165, 1.54) is 0 Å². The number of nitrogens with one attached hydrogen (secondary N) is 1. The molecular weight excluding hydrogens is 290 g/mol. The third kappa shape index (κ3) is 2.88. The number of imidazole rings is 1. The summed E-state index contributed by atoms with van der Waals surface area (Å²) in [4.78, 5) is 16.7. The van der Waals surface area contributed by atoms with Crippen molar-refractivity contribution < 1.29 is 9.53 Å². The van der Waals surface area contributed by atoms with Crippen LogP contribution in [0.2, 0.25) is 5.02 Å². The highest BCUT2D eigenvalue weighted by Crippen LogP contribution is 2.23. The lowest BCUT2D eigenvalue weighted by molar-refractivity contribution is 0.0924. The largest absolute Gasteiger partial charge is 0.496 e. The molecule has 1 N–H and O–H groups in total. The van der Waals surface area contributed by atoms with E-state index in [0.717, 1.165) is 25.2 Å². The highest BCUT2D eigenvalue weighted by molar-refractivity contribution is 6.31. The van der Waals surface area contributed by atoms with Crippen molar-refractivity contribution in [2.75, 3.05) is 7.11 Å². The topological polar surface area (TPSA) is 56.1 Å². The molecule has 5 nitrogen and oxygen atoms in total. The van der Waals surface area contributed by atoms with Gasteiger partial charge in [-0.15, -0.1) is 0 Å². The highest BCUT2D eigenvalue weighted by Gasteiger charge is 2.22. The average molecular weight is 306 g/mol. The first-order valence-corrected chi connectivity index (χ1v) is 7.19. The molecule has 0 saturated carbocycles. The Morgan fingerprint density at radius 3 is 3.19 bits per heavy atom. The van der Waals surface area contributed by atoms with E-state index in [1.54, 1.807) is 31.5 Å². The van der Waals surface area contributed by atoms with Gasteiger partial charge in [-0.05, 0) is 24.6 Å². The standard InChI is InChI=1S/C15H16ClN3O2/c1-21-13-4-2-10(16)8-12(13)15(20)18-11-3-5-14-17-6-7-19(14)9-11/h2,4,6-8,11H,3,5,9H2,1H3,(H,18,20)/t11-/m1/s1. The summed E-state index contributed by atoms with van der Waals surface area (Å²) in [6.45, 7) is 0.740. The molecule has 1 amide bonds. The van der Waals surface area contributed by atoms with Crippen LogP contribution in [0.25, 0.3) is 0 Å². The molecule has 0 aliphatic carbocycles. The molecule has 6 heteroatoms. The van der Waals surface area contributed by atoms with Crippen LogP contribution in [0, 0.1) is 0 Å². The highest BCUT2D eigenvalue weighted by atomic mass is 35.5. The number of ether oxygens (including phenoxy) is 1. The fourth-order valence-corrected chi connectivity index (χ4v) is 2.78. The minimum absolute atomic E-state index is 0.0860. The van der Waals surface area contributed by atoms with Gasteiger partial charge in [0.1, 0.15) is 11.6 Å². The van der Waals surface area contributed by atoms with E-state index < -0.39 is 0 Å². The van der Waals surface area contributed by atoms with E-state index in [4.69, 9.17) is 16.3 Å². The van der Waals surface area contributed by atoms with Crippen LogP contribution in [-0.2, 0) is 13.0 Å². The van der Waals surface area contributed by atoms with Gasteiger partial charge in [0.15, 0.2) is 0 Å². The number of methoxy groups -OCH3 is 1. The van der Waals surface area contributed by atoms with Crippen molar-refractivity contribution in [2.24, 2.45) is 0 Å². The number of nitrogens with zero attached hydrogens (tertiary/aromatic N) is 2. The van der Waals surface area contributed by atoms with Gasteiger partial charge in [0.2, 0.25) is 0 Å². The second kappa shape index (κ2) is 5.77. The first-order chi connectivity index (χ1) is 10.2. The van der Waals surface area contributed by atoms with Crippen LogP contribution in [0.5, 0.6) is 5.75 Å². The number of benzene rings is 1. The van der Waals surface area contributed by atoms with Gasteiger partial charge in [-0.25, -0.2) is 4.98 Å². The number of hydrogen-bond acceptors (Lipinski definition) is 3. The predicted molar refractivity (Wildman–Crippen MR) is 79.8 cm³/mol. The summed E-state index contributed by atoms with van der Waals surface area (Å²) < 4.78 is 7.29. The molecule has 21 heavy (non-hydrogen) atoms. The Bertz CT molecular complexity index is 669. The maximum absolute atomic E-state index is 12.4. The van der Waals surface area contributed by atoms with E-state index in [9.17, 15) is 4.79 Å². The van der Waals surface area contributed by atoms with Gasteiger partial charge < -0.3 is 14.6 Å². The number of amides is 1. The molecule has 1 aromatic heterocycles. The van der Waals surface area contributed by atoms with Gasteiger partial charge in [0, 0.05) is 36.4 Å². The Labute approximate surface area is 127 Å². The van der Waals surface area contributed by atoms with Crippen LogP contribution >= 0.6 is 11.6 Å². The smallest absolute Gasteiger partial charge is 0.255 e.